The number of aliphatic hydroxyl groups excluding tert-OH is 1. The van der Waals surface area contributed by atoms with Crippen molar-refractivity contribution >= 4 is 23.1 Å². The van der Waals surface area contributed by atoms with Crippen LogP contribution in [-0.4, -0.2) is 34.8 Å². The van der Waals surface area contributed by atoms with E-state index in [1.165, 1.54) is 12.8 Å². The molecule has 0 radical (unpaired) electrons. The van der Waals surface area contributed by atoms with E-state index in [9.17, 15) is 0 Å². The van der Waals surface area contributed by atoms with Gasteiger partial charge in [-0.05, 0) is 12.3 Å². The van der Waals surface area contributed by atoms with Gasteiger partial charge in [0.05, 0.1) is 0 Å². The summed E-state index contributed by atoms with van der Waals surface area (Å²) in [4.78, 5) is 0. The Labute approximate surface area is 77.0 Å². The summed E-state index contributed by atoms with van der Waals surface area (Å²) >= 11 is 0. The number of rotatable bonds is 4. The van der Waals surface area contributed by atoms with Crippen LogP contribution in [0.5, 0.6) is 0 Å². The molecule has 0 amide bonds. The minimum Gasteiger partial charge on any atom is -1.00 e. The van der Waals surface area contributed by atoms with E-state index in [1.807, 2.05) is 0 Å². The van der Waals surface area contributed by atoms with Crippen LogP contribution in [0.2, 0.25) is 0 Å². The molecule has 0 aromatic carbocycles. The molecule has 0 aliphatic carbocycles. The van der Waals surface area contributed by atoms with Crippen LogP contribution in [0.1, 0.15) is 36.0 Å². The van der Waals surface area contributed by atoms with E-state index >= 15 is 0 Å². The standard InChI is InChI=1S/C7H16O.Mg.2H/c1-3-5-7(4-2)6-8;;;/h7-8H,3-6H2,1-2H3;;;/q;+2;2*-1. The van der Waals surface area contributed by atoms with Gasteiger partial charge in [-0.3, -0.25) is 0 Å². The molecule has 9 heavy (non-hydrogen) atoms. The second-order valence-electron chi connectivity index (χ2n) is 2.25. The van der Waals surface area contributed by atoms with Crippen molar-refractivity contribution in [1.82, 2.24) is 0 Å². The predicted octanol–water partition coefficient (Wildman–Crippen LogP) is 1.65. The van der Waals surface area contributed by atoms with Gasteiger partial charge in [0.25, 0.3) is 0 Å². The van der Waals surface area contributed by atoms with Crippen LogP contribution in [0.15, 0.2) is 0 Å². The Morgan fingerprint density at radius 1 is 1.44 bits per heavy atom. The predicted molar refractivity (Wildman–Crippen MR) is 43.8 cm³/mol. The Morgan fingerprint density at radius 3 is 2.11 bits per heavy atom. The Bertz CT molecular complexity index is 51.7. The molecule has 0 aromatic heterocycles. The second kappa shape index (κ2) is 8.73. The molecule has 0 aromatic rings. The summed E-state index contributed by atoms with van der Waals surface area (Å²) in [5.74, 6) is 0.556. The Morgan fingerprint density at radius 2 is 2.00 bits per heavy atom. The Hall–Kier alpha value is 0.726. The molecule has 0 aliphatic rings. The fourth-order valence-electron chi connectivity index (χ4n) is 0.833. The van der Waals surface area contributed by atoms with Gasteiger partial charge in [-0.15, -0.1) is 0 Å². The first-order valence-electron chi connectivity index (χ1n) is 3.46. The molecule has 1 unspecified atom stereocenters. The first-order chi connectivity index (χ1) is 3.85. The van der Waals surface area contributed by atoms with E-state index in [1.54, 1.807) is 0 Å². The largest absolute Gasteiger partial charge is 2.00 e. The zero-order chi connectivity index (χ0) is 6.41. The molecule has 0 spiro atoms. The maximum absolute atomic E-state index is 8.66. The molecule has 0 aliphatic heterocycles. The number of hydrogen-bond donors (Lipinski definition) is 1. The third-order valence-electron chi connectivity index (χ3n) is 1.53. The number of hydrogen-bond acceptors (Lipinski definition) is 1. The van der Waals surface area contributed by atoms with Crippen LogP contribution < -0.4 is 0 Å². The topological polar surface area (TPSA) is 20.2 Å². The van der Waals surface area contributed by atoms with Crippen molar-refractivity contribution in [2.75, 3.05) is 6.61 Å². The van der Waals surface area contributed by atoms with Crippen molar-refractivity contribution < 1.29 is 7.96 Å². The second-order valence-corrected chi connectivity index (χ2v) is 2.25. The minimum absolute atomic E-state index is 0. The Balaban J connectivity index is -0.0000000817. The summed E-state index contributed by atoms with van der Waals surface area (Å²) in [5.41, 5.74) is 0. The van der Waals surface area contributed by atoms with Gasteiger partial charge in [0.2, 0.25) is 0 Å². The van der Waals surface area contributed by atoms with Gasteiger partial charge < -0.3 is 7.96 Å². The van der Waals surface area contributed by atoms with Crippen LogP contribution in [0.25, 0.3) is 0 Å². The molecule has 0 fully saturated rings. The van der Waals surface area contributed by atoms with Crippen LogP contribution in [0.4, 0.5) is 0 Å². The molecule has 0 bridgehead atoms. The van der Waals surface area contributed by atoms with E-state index in [4.69, 9.17) is 5.11 Å². The van der Waals surface area contributed by atoms with Crippen LogP contribution in [0, 0.1) is 5.92 Å². The molecule has 0 rings (SSSR count). The maximum atomic E-state index is 8.66. The molecule has 0 saturated carbocycles. The summed E-state index contributed by atoms with van der Waals surface area (Å²) in [6.45, 7) is 4.64. The van der Waals surface area contributed by atoms with Gasteiger partial charge in [0.15, 0.2) is 0 Å². The zero-order valence-corrected chi connectivity index (χ0v) is 7.97. The number of aliphatic hydroxyl groups is 1. The molecule has 0 heterocycles. The molecule has 0 saturated heterocycles. The smallest absolute Gasteiger partial charge is 1.00 e. The van der Waals surface area contributed by atoms with Crippen molar-refractivity contribution in [2.24, 2.45) is 5.92 Å². The molecule has 1 atom stereocenters. The Kier molecular flexibility index (Phi) is 12.0. The minimum atomic E-state index is 0. The third kappa shape index (κ3) is 6.61. The maximum Gasteiger partial charge on any atom is 2.00 e. The van der Waals surface area contributed by atoms with Crippen LogP contribution in [-0.2, 0) is 0 Å². The summed E-state index contributed by atoms with van der Waals surface area (Å²) < 4.78 is 0. The first-order valence-corrected chi connectivity index (χ1v) is 3.46. The van der Waals surface area contributed by atoms with E-state index in [0.717, 1.165) is 6.42 Å². The summed E-state index contributed by atoms with van der Waals surface area (Å²) in [7, 11) is 0. The van der Waals surface area contributed by atoms with E-state index in [-0.39, 0.29) is 25.9 Å². The van der Waals surface area contributed by atoms with Crippen molar-refractivity contribution in [3.8, 4) is 0 Å². The van der Waals surface area contributed by atoms with Gasteiger partial charge in [0.1, 0.15) is 0 Å². The SMILES string of the molecule is CCCC(CC)CO.[H-].[H-].[Mg+2]. The summed E-state index contributed by atoms with van der Waals surface area (Å²) in [6, 6.07) is 0. The summed E-state index contributed by atoms with van der Waals surface area (Å²) in [5, 5.41) is 8.66. The fourth-order valence-corrected chi connectivity index (χ4v) is 0.833. The van der Waals surface area contributed by atoms with Crippen LogP contribution in [0.3, 0.4) is 0 Å². The van der Waals surface area contributed by atoms with Crippen LogP contribution >= 0.6 is 0 Å². The average Bonchev–Trinajstić information content (AvgIpc) is 1.83. The molecule has 1 N–H and O–H groups in total. The van der Waals surface area contributed by atoms with Crippen molar-refractivity contribution in [1.29, 1.82) is 0 Å². The monoisotopic (exact) mass is 142 g/mol. The van der Waals surface area contributed by atoms with Crippen molar-refractivity contribution in [3.05, 3.63) is 0 Å². The van der Waals surface area contributed by atoms with Gasteiger partial charge in [-0.25, -0.2) is 0 Å². The third-order valence-corrected chi connectivity index (χ3v) is 1.53. The quantitative estimate of drug-likeness (QED) is 0.592. The molecular formula is C7H18MgO. The fraction of sp³-hybridized carbons (Fsp3) is 1.00. The van der Waals surface area contributed by atoms with E-state index in [0.29, 0.717) is 12.5 Å². The van der Waals surface area contributed by atoms with Gasteiger partial charge in [0, 0.05) is 6.61 Å². The molecule has 54 valence electrons. The molecular weight excluding hydrogens is 124 g/mol. The van der Waals surface area contributed by atoms with Crippen molar-refractivity contribution in [2.45, 2.75) is 33.1 Å². The zero-order valence-electron chi connectivity index (χ0n) is 8.56. The van der Waals surface area contributed by atoms with E-state index in [2.05, 4.69) is 13.8 Å². The van der Waals surface area contributed by atoms with Crippen molar-refractivity contribution in [3.63, 3.8) is 0 Å². The van der Waals surface area contributed by atoms with E-state index < -0.39 is 0 Å². The van der Waals surface area contributed by atoms with Gasteiger partial charge in [-0.1, -0.05) is 26.7 Å². The first kappa shape index (κ1) is 12.4. The average molecular weight is 143 g/mol. The molecule has 1 nitrogen and oxygen atoms in total. The normalized spacial score (nSPS) is 12.3. The van der Waals surface area contributed by atoms with Gasteiger partial charge >= 0.3 is 23.1 Å². The molecule has 2 heteroatoms. The summed E-state index contributed by atoms with van der Waals surface area (Å²) in [6.07, 6.45) is 3.48. The van der Waals surface area contributed by atoms with Gasteiger partial charge in [-0.2, -0.15) is 0 Å².